The molecule has 0 saturated heterocycles. The predicted octanol–water partition coefficient (Wildman–Crippen LogP) is 5.09. The van der Waals surface area contributed by atoms with E-state index in [2.05, 4.69) is 30.8 Å². The minimum Gasteiger partial charge on any atom is -0.268 e. The van der Waals surface area contributed by atoms with E-state index in [1.54, 1.807) is 10.6 Å². The molecular formula is C18H19NOS2. The standard InChI is InChI=1S/C18H19NOS2/c1-15(2)18(20)19(21-13-16-9-5-3-6-10-16)22-14-17-11-7-4-8-12-17/h3-12H,1,13-14H2,2H3. The van der Waals surface area contributed by atoms with Gasteiger partial charge in [-0.2, -0.15) is 0 Å². The minimum absolute atomic E-state index is 0.0261. The summed E-state index contributed by atoms with van der Waals surface area (Å²) >= 11 is 3.03. The zero-order valence-corrected chi connectivity index (χ0v) is 14.2. The molecule has 4 heteroatoms. The lowest BCUT2D eigenvalue weighted by atomic mass is 10.2. The van der Waals surface area contributed by atoms with Gasteiger partial charge >= 0.3 is 0 Å². The monoisotopic (exact) mass is 329 g/mol. The van der Waals surface area contributed by atoms with E-state index < -0.39 is 0 Å². The molecule has 0 spiro atoms. The number of carbonyl (C=O) groups is 1. The Kier molecular flexibility index (Phi) is 6.62. The summed E-state index contributed by atoms with van der Waals surface area (Å²) in [7, 11) is 0. The molecule has 0 unspecified atom stereocenters. The van der Waals surface area contributed by atoms with Gasteiger partial charge in [-0.1, -0.05) is 67.2 Å². The Bertz CT molecular complexity index is 570. The van der Waals surface area contributed by atoms with Crippen LogP contribution in [0.25, 0.3) is 0 Å². The van der Waals surface area contributed by atoms with Gasteiger partial charge in [0.1, 0.15) is 0 Å². The fraction of sp³-hybridized carbons (Fsp3) is 0.167. The Morgan fingerprint density at radius 3 is 1.68 bits per heavy atom. The second-order valence-electron chi connectivity index (χ2n) is 4.86. The maximum atomic E-state index is 12.3. The third-order valence-corrected chi connectivity index (χ3v) is 5.27. The van der Waals surface area contributed by atoms with Crippen LogP contribution in [0, 0.1) is 0 Å². The lowest BCUT2D eigenvalue weighted by Crippen LogP contribution is -2.18. The van der Waals surface area contributed by atoms with Crippen LogP contribution in [0.4, 0.5) is 0 Å². The molecule has 0 heterocycles. The van der Waals surface area contributed by atoms with Gasteiger partial charge < -0.3 is 0 Å². The van der Waals surface area contributed by atoms with Crippen LogP contribution in [0.15, 0.2) is 72.8 Å². The van der Waals surface area contributed by atoms with Crippen LogP contribution in [0.2, 0.25) is 0 Å². The molecule has 0 aromatic heterocycles. The molecule has 2 rings (SSSR count). The molecule has 2 aromatic rings. The van der Waals surface area contributed by atoms with Gasteiger partial charge in [-0.05, 0) is 41.9 Å². The zero-order chi connectivity index (χ0) is 15.8. The van der Waals surface area contributed by atoms with E-state index >= 15 is 0 Å². The van der Waals surface area contributed by atoms with Crippen molar-refractivity contribution in [2.24, 2.45) is 0 Å². The molecule has 0 aliphatic carbocycles. The average Bonchev–Trinajstić information content (AvgIpc) is 2.56. The first-order chi connectivity index (χ1) is 10.7. The second kappa shape index (κ2) is 8.71. The first kappa shape index (κ1) is 16.7. The number of nitrogens with zero attached hydrogens (tertiary/aromatic N) is 1. The molecule has 0 fully saturated rings. The maximum absolute atomic E-state index is 12.3. The number of carbonyl (C=O) groups excluding carboxylic acids is 1. The highest BCUT2D eigenvalue weighted by Gasteiger charge is 2.16. The lowest BCUT2D eigenvalue weighted by molar-refractivity contribution is -0.119. The molecule has 114 valence electrons. The van der Waals surface area contributed by atoms with Crippen molar-refractivity contribution < 1.29 is 4.79 Å². The van der Waals surface area contributed by atoms with Gasteiger partial charge in [0.15, 0.2) is 0 Å². The number of rotatable bonds is 7. The number of amides is 1. The van der Waals surface area contributed by atoms with Crippen LogP contribution in [-0.4, -0.2) is 9.62 Å². The summed E-state index contributed by atoms with van der Waals surface area (Å²) in [4.78, 5) is 12.3. The minimum atomic E-state index is -0.0261. The largest absolute Gasteiger partial charge is 0.269 e. The maximum Gasteiger partial charge on any atom is 0.269 e. The topological polar surface area (TPSA) is 20.3 Å². The molecule has 2 nitrogen and oxygen atoms in total. The predicted molar refractivity (Wildman–Crippen MR) is 97.1 cm³/mol. The Balaban J connectivity index is 1.96. The van der Waals surface area contributed by atoms with Crippen LogP contribution in [0.3, 0.4) is 0 Å². The molecule has 0 N–H and O–H groups in total. The lowest BCUT2D eigenvalue weighted by Gasteiger charge is -2.20. The number of benzene rings is 2. The van der Waals surface area contributed by atoms with E-state index in [4.69, 9.17) is 0 Å². The van der Waals surface area contributed by atoms with Crippen molar-refractivity contribution in [2.75, 3.05) is 0 Å². The quantitative estimate of drug-likeness (QED) is 0.521. The fourth-order valence-corrected chi connectivity index (χ4v) is 3.80. The van der Waals surface area contributed by atoms with Crippen molar-refractivity contribution in [2.45, 2.75) is 18.4 Å². The van der Waals surface area contributed by atoms with Crippen LogP contribution in [0.1, 0.15) is 18.1 Å². The van der Waals surface area contributed by atoms with Gasteiger partial charge in [-0.15, -0.1) is 0 Å². The van der Waals surface area contributed by atoms with Gasteiger partial charge in [0.05, 0.1) is 0 Å². The molecule has 2 aromatic carbocycles. The van der Waals surface area contributed by atoms with Gasteiger partial charge in [0.2, 0.25) is 0 Å². The van der Waals surface area contributed by atoms with Crippen LogP contribution < -0.4 is 0 Å². The third kappa shape index (κ3) is 5.28. The summed E-state index contributed by atoms with van der Waals surface area (Å²) in [6, 6.07) is 20.3. The molecule has 22 heavy (non-hydrogen) atoms. The Morgan fingerprint density at radius 2 is 1.32 bits per heavy atom. The molecule has 0 saturated carbocycles. The van der Waals surface area contributed by atoms with E-state index in [1.807, 2.05) is 36.4 Å². The van der Waals surface area contributed by atoms with E-state index in [9.17, 15) is 4.79 Å². The Hall–Kier alpha value is -1.65. The smallest absolute Gasteiger partial charge is 0.268 e. The molecule has 1 amide bonds. The van der Waals surface area contributed by atoms with Crippen molar-refractivity contribution in [3.05, 3.63) is 83.9 Å². The average molecular weight is 329 g/mol. The Morgan fingerprint density at radius 1 is 0.909 bits per heavy atom. The normalized spacial score (nSPS) is 10.2. The SMILES string of the molecule is C=C(C)C(=O)N(SCc1ccccc1)SCc1ccccc1. The van der Waals surface area contributed by atoms with Gasteiger partial charge in [-0.3, -0.25) is 4.79 Å². The summed E-state index contributed by atoms with van der Waals surface area (Å²) in [6.07, 6.45) is 0. The molecule has 0 radical (unpaired) electrons. The van der Waals surface area contributed by atoms with E-state index in [1.165, 1.54) is 35.0 Å². The summed E-state index contributed by atoms with van der Waals surface area (Å²) in [5, 5.41) is 0. The van der Waals surface area contributed by atoms with Crippen molar-refractivity contribution in [1.29, 1.82) is 0 Å². The second-order valence-corrected chi connectivity index (χ2v) is 6.92. The molecule has 0 bridgehead atoms. The summed E-state index contributed by atoms with van der Waals surface area (Å²) < 4.78 is 1.74. The first-order valence-corrected chi connectivity index (χ1v) is 8.89. The van der Waals surface area contributed by atoms with E-state index in [0.29, 0.717) is 5.57 Å². The highest BCUT2D eigenvalue weighted by molar-refractivity contribution is 8.12. The Labute approximate surface area is 140 Å². The molecular weight excluding hydrogens is 310 g/mol. The fourth-order valence-electron chi connectivity index (χ4n) is 1.73. The van der Waals surface area contributed by atoms with Crippen LogP contribution >= 0.6 is 23.9 Å². The first-order valence-electron chi connectivity index (χ1n) is 7.00. The molecule has 0 aliphatic rings. The van der Waals surface area contributed by atoms with Gasteiger partial charge in [0.25, 0.3) is 5.91 Å². The molecule has 0 atom stereocenters. The van der Waals surface area contributed by atoms with Crippen LogP contribution in [0.5, 0.6) is 0 Å². The van der Waals surface area contributed by atoms with Crippen molar-refractivity contribution in [3.8, 4) is 0 Å². The zero-order valence-electron chi connectivity index (χ0n) is 12.6. The van der Waals surface area contributed by atoms with Gasteiger partial charge in [-0.25, -0.2) is 3.71 Å². The van der Waals surface area contributed by atoms with Crippen molar-refractivity contribution in [1.82, 2.24) is 3.71 Å². The number of hydrogen-bond donors (Lipinski definition) is 0. The van der Waals surface area contributed by atoms with Crippen molar-refractivity contribution >= 4 is 29.8 Å². The van der Waals surface area contributed by atoms with E-state index in [0.717, 1.165) is 11.5 Å². The van der Waals surface area contributed by atoms with E-state index in [-0.39, 0.29) is 5.91 Å². The van der Waals surface area contributed by atoms with Crippen LogP contribution in [-0.2, 0) is 16.3 Å². The summed E-state index contributed by atoms with van der Waals surface area (Å²) in [5.41, 5.74) is 2.96. The summed E-state index contributed by atoms with van der Waals surface area (Å²) in [6.45, 7) is 5.52. The number of hydrogen-bond acceptors (Lipinski definition) is 3. The summed E-state index contributed by atoms with van der Waals surface area (Å²) in [5.74, 6) is 1.50. The van der Waals surface area contributed by atoms with Gasteiger partial charge in [0, 0.05) is 17.1 Å². The highest BCUT2D eigenvalue weighted by atomic mass is 32.2. The van der Waals surface area contributed by atoms with Crippen molar-refractivity contribution in [3.63, 3.8) is 0 Å². The third-order valence-electron chi connectivity index (χ3n) is 2.91. The highest BCUT2D eigenvalue weighted by Crippen LogP contribution is 2.29. The molecule has 0 aliphatic heterocycles.